The Hall–Kier alpha value is 0.243. The Balaban J connectivity index is 0.000000921. The average Bonchev–Trinajstić information content (AvgIpc) is 2.33. The second kappa shape index (κ2) is 12.3. The molecule has 0 saturated carbocycles. The van der Waals surface area contributed by atoms with Crippen LogP contribution in [-0.4, -0.2) is 20.3 Å². The first-order valence-electron chi connectivity index (χ1n) is 4.72. The van der Waals surface area contributed by atoms with Crippen LogP contribution < -0.4 is 0 Å². The monoisotopic (exact) mass is 322 g/mol. The third-order valence-electron chi connectivity index (χ3n) is 1.67. The van der Waals surface area contributed by atoms with Crippen molar-refractivity contribution >= 4 is 13.6 Å². The van der Waals surface area contributed by atoms with Crippen molar-refractivity contribution < 1.29 is 25.8 Å². The summed E-state index contributed by atoms with van der Waals surface area (Å²) < 4.78 is 10.3. The van der Waals surface area contributed by atoms with Crippen molar-refractivity contribution in [2.45, 2.75) is 13.0 Å². The molecule has 0 N–H and O–H groups in total. The normalized spacial score (nSPS) is 9.33. The zero-order valence-electron chi connectivity index (χ0n) is 9.04. The van der Waals surface area contributed by atoms with E-state index < -0.39 is 0 Å². The van der Waals surface area contributed by atoms with Crippen LogP contribution in [0, 0.1) is 6.07 Å². The molecule has 15 heavy (non-hydrogen) atoms. The Bertz CT molecular complexity index is 219. The van der Waals surface area contributed by atoms with E-state index in [2.05, 4.69) is 19.7 Å². The minimum absolute atomic E-state index is 0.643. The molecular formula is C11H15BrO2Zn. The fourth-order valence-electron chi connectivity index (χ4n) is 1.01. The van der Waals surface area contributed by atoms with Gasteiger partial charge in [0.15, 0.2) is 0 Å². The summed E-state index contributed by atoms with van der Waals surface area (Å²) in [5.74, 6) is 0. The van der Waals surface area contributed by atoms with E-state index in [1.807, 2.05) is 24.3 Å². The van der Waals surface area contributed by atoms with Crippen molar-refractivity contribution in [2.24, 2.45) is 0 Å². The third kappa shape index (κ3) is 9.19. The SMILES string of the molecule is COCCCOCc1[c-]cccc1.[Zn+][Br]. The number of ether oxygens (including phenoxy) is 2. The van der Waals surface area contributed by atoms with Crippen LogP contribution in [0.5, 0.6) is 0 Å². The molecule has 1 aromatic carbocycles. The van der Waals surface area contributed by atoms with Crippen LogP contribution in [0.3, 0.4) is 0 Å². The Kier molecular flexibility index (Phi) is 12.5. The number of halogens is 1. The third-order valence-corrected chi connectivity index (χ3v) is 1.67. The second-order valence-electron chi connectivity index (χ2n) is 2.79. The summed E-state index contributed by atoms with van der Waals surface area (Å²) >= 11 is 4.25. The van der Waals surface area contributed by atoms with Crippen molar-refractivity contribution in [1.29, 1.82) is 0 Å². The molecule has 2 nitrogen and oxygen atoms in total. The molecule has 0 unspecified atom stereocenters. The minimum atomic E-state index is 0.643. The molecule has 0 aliphatic heterocycles. The van der Waals surface area contributed by atoms with E-state index in [0.717, 1.165) is 25.2 Å². The fourth-order valence-corrected chi connectivity index (χ4v) is 1.01. The van der Waals surface area contributed by atoms with Gasteiger partial charge in [-0.25, -0.2) is 0 Å². The molecular weight excluding hydrogens is 309 g/mol. The van der Waals surface area contributed by atoms with Gasteiger partial charge in [-0.3, -0.25) is 0 Å². The quantitative estimate of drug-likeness (QED) is 0.455. The van der Waals surface area contributed by atoms with Crippen LogP contribution in [0.2, 0.25) is 0 Å². The predicted octanol–water partition coefficient (Wildman–Crippen LogP) is 2.88. The molecule has 0 amide bonds. The van der Waals surface area contributed by atoms with E-state index in [1.165, 1.54) is 16.3 Å². The van der Waals surface area contributed by atoms with Crippen LogP contribution in [-0.2, 0) is 32.4 Å². The van der Waals surface area contributed by atoms with Crippen molar-refractivity contribution in [3.63, 3.8) is 0 Å². The van der Waals surface area contributed by atoms with Crippen LogP contribution in [0.25, 0.3) is 0 Å². The van der Waals surface area contributed by atoms with E-state index in [1.54, 1.807) is 7.11 Å². The second-order valence-corrected chi connectivity index (χ2v) is 2.79. The van der Waals surface area contributed by atoms with E-state index in [9.17, 15) is 0 Å². The molecule has 0 radical (unpaired) electrons. The van der Waals surface area contributed by atoms with Gasteiger partial charge in [0.1, 0.15) is 0 Å². The summed E-state index contributed by atoms with van der Waals surface area (Å²) in [5.41, 5.74) is 1.10. The van der Waals surface area contributed by atoms with Crippen molar-refractivity contribution in [2.75, 3.05) is 20.3 Å². The predicted molar refractivity (Wildman–Crippen MR) is 60.4 cm³/mol. The summed E-state index contributed by atoms with van der Waals surface area (Å²) in [6.45, 7) is 2.15. The number of benzene rings is 1. The molecule has 1 aromatic rings. The summed E-state index contributed by atoms with van der Waals surface area (Å²) in [7, 11) is 1.70. The van der Waals surface area contributed by atoms with E-state index >= 15 is 0 Å². The zero-order valence-corrected chi connectivity index (χ0v) is 13.6. The molecule has 1 rings (SSSR count). The number of rotatable bonds is 6. The number of methoxy groups -OCH3 is 1. The van der Waals surface area contributed by atoms with Crippen LogP contribution in [0.1, 0.15) is 12.0 Å². The Labute approximate surface area is 108 Å². The van der Waals surface area contributed by atoms with E-state index in [0.29, 0.717) is 6.61 Å². The number of hydrogen-bond acceptors (Lipinski definition) is 2. The van der Waals surface area contributed by atoms with Gasteiger partial charge in [0.2, 0.25) is 0 Å². The molecule has 0 aromatic heterocycles. The Morgan fingerprint density at radius 3 is 2.73 bits per heavy atom. The summed E-state index contributed by atoms with van der Waals surface area (Å²) in [6, 6.07) is 11.0. The molecule has 0 aliphatic rings. The van der Waals surface area contributed by atoms with E-state index in [-0.39, 0.29) is 0 Å². The first-order chi connectivity index (χ1) is 7.43. The molecule has 0 aliphatic carbocycles. The Morgan fingerprint density at radius 1 is 1.33 bits per heavy atom. The summed E-state index contributed by atoms with van der Waals surface area (Å²) in [6.07, 6.45) is 0.948. The van der Waals surface area contributed by atoms with Crippen LogP contribution in [0.4, 0.5) is 0 Å². The zero-order chi connectivity index (χ0) is 11.4. The maximum atomic E-state index is 5.41. The van der Waals surface area contributed by atoms with Gasteiger partial charge in [-0.05, 0) is 6.42 Å². The first kappa shape index (κ1) is 15.2. The molecule has 0 saturated heterocycles. The first-order valence-corrected chi connectivity index (χ1v) is 11.7. The molecule has 0 atom stereocenters. The van der Waals surface area contributed by atoms with E-state index in [4.69, 9.17) is 9.47 Å². The van der Waals surface area contributed by atoms with Gasteiger partial charge >= 0.3 is 30.0 Å². The van der Waals surface area contributed by atoms with Gasteiger partial charge in [0.25, 0.3) is 0 Å². The van der Waals surface area contributed by atoms with Crippen LogP contribution >= 0.6 is 13.6 Å². The molecule has 80 valence electrons. The average molecular weight is 325 g/mol. The van der Waals surface area contributed by atoms with Crippen molar-refractivity contribution in [3.8, 4) is 0 Å². The van der Waals surface area contributed by atoms with Gasteiger partial charge in [-0.1, -0.05) is 0 Å². The van der Waals surface area contributed by atoms with Crippen molar-refractivity contribution in [1.82, 2.24) is 0 Å². The summed E-state index contributed by atoms with van der Waals surface area (Å²) in [4.78, 5) is 0. The maximum absolute atomic E-state index is 5.41. The molecule has 0 fully saturated rings. The van der Waals surface area contributed by atoms with Gasteiger partial charge in [-0.15, -0.1) is 5.56 Å². The van der Waals surface area contributed by atoms with Crippen LogP contribution in [0.15, 0.2) is 24.3 Å². The van der Waals surface area contributed by atoms with Gasteiger partial charge in [0, 0.05) is 26.9 Å². The Morgan fingerprint density at radius 2 is 2.13 bits per heavy atom. The summed E-state index contributed by atoms with van der Waals surface area (Å²) in [5, 5.41) is 0. The standard InChI is InChI=1S/C11H15O2.BrH.Zn/c1-12-8-5-9-13-10-11-6-3-2-4-7-11;;/h2-4,6H,5,8-10H2,1H3;1H;/q-1;;+2/p-1. The molecule has 0 bridgehead atoms. The molecule has 4 heteroatoms. The van der Waals surface area contributed by atoms with Gasteiger partial charge < -0.3 is 9.47 Å². The number of hydrogen-bond donors (Lipinski definition) is 0. The fraction of sp³-hybridized carbons (Fsp3) is 0.455. The van der Waals surface area contributed by atoms with Gasteiger partial charge in [0.05, 0.1) is 0 Å². The van der Waals surface area contributed by atoms with Gasteiger partial charge in [-0.2, -0.15) is 30.3 Å². The topological polar surface area (TPSA) is 18.5 Å². The molecule has 0 spiro atoms. The van der Waals surface area contributed by atoms with Crippen molar-refractivity contribution in [3.05, 3.63) is 35.9 Å². The molecule has 0 heterocycles.